The number of nitrogens with one attached hydrogen (secondary N) is 1. The van der Waals surface area contributed by atoms with Gasteiger partial charge >= 0.3 is 0 Å². The number of aliphatic hydroxyl groups is 1. The maximum Gasteiger partial charge on any atom is 0.222 e. The highest BCUT2D eigenvalue weighted by molar-refractivity contribution is 6.35. The zero-order chi connectivity index (χ0) is 11.3. The number of aliphatic hydroxyl groups excluding tert-OH is 1. The van der Waals surface area contributed by atoms with Gasteiger partial charge in [0.1, 0.15) is 0 Å². The zero-order valence-electron chi connectivity index (χ0n) is 7.96. The van der Waals surface area contributed by atoms with E-state index >= 15 is 0 Å². The van der Waals surface area contributed by atoms with Gasteiger partial charge in [-0.2, -0.15) is 0 Å². The maximum absolute atomic E-state index is 11.1. The lowest BCUT2D eigenvalue weighted by Gasteiger charge is -2.06. The Morgan fingerprint density at radius 3 is 2.73 bits per heavy atom. The van der Waals surface area contributed by atoms with E-state index in [2.05, 4.69) is 5.32 Å². The lowest BCUT2D eigenvalue weighted by atomic mass is 10.2. The summed E-state index contributed by atoms with van der Waals surface area (Å²) in [5.41, 5.74) is 0.798. The molecule has 1 rings (SSSR count). The van der Waals surface area contributed by atoms with Crippen LogP contribution in [0.25, 0.3) is 0 Å². The fraction of sp³-hybridized carbons (Fsp3) is 0.300. The fourth-order valence-corrected chi connectivity index (χ4v) is 1.52. The van der Waals surface area contributed by atoms with E-state index in [9.17, 15) is 4.79 Å². The molecule has 3 nitrogen and oxygen atoms in total. The van der Waals surface area contributed by atoms with Gasteiger partial charge in [-0.3, -0.25) is 4.79 Å². The monoisotopic (exact) mass is 247 g/mol. The van der Waals surface area contributed by atoms with Crippen LogP contribution in [0.5, 0.6) is 0 Å². The summed E-state index contributed by atoms with van der Waals surface area (Å²) in [6.07, 6.45) is 0.102. The molecule has 1 aromatic carbocycles. The van der Waals surface area contributed by atoms with Crippen LogP contribution in [-0.2, 0) is 11.3 Å². The van der Waals surface area contributed by atoms with E-state index in [0.29, 0.717) is 16.6 Å². The van der Waals surface area contributed by atoms with Crippen molar-refractivity contribution in [2.24, 2.45) is 0 Å². The Labute approximate surface area is 98.0 Å². The molecule has 0 unspecified atom stereocenters. The molecule has 0 aliphatic heterocycles. The Kier molecular flexibility index (Phi) is 4.88. The van der Waals surface area contributed by atoms with Gasteiger partial charge in [-0.25, -0.2) is 0 Å². The fourth-order valence-electron chi connectivity index (χ4n) is 1.05. The average Bonchev–Trinajstić information content (AvgIpc) is 2.17. The molecule has 0 fully saturated rings. The number of hydrogen-bond donors (Lipinski definition) is 2. The van der Waals surface area contributed by atoms with E-state index in [1.807, 2.05) is 0 Å². The molecule has 82 valence electrons. The summed E-state index contributed by atoms with van der Waals surface area (Å²) in [6.45, 7) is 0.190. The lowest BCUT2D eigenvalue weighted by molar-refractivity contribution is -0.121. The molecule has 0 aliphatic rings. The van der Waals surface area contributed by atoms with E-state index in [0.717, 1.165) is 5.56 Å². The minimum absolute atomic E-state index is 0.102. The summed E-state index contributed by atoms with van der Waals surface area (Å²) in [4.78, 5) is 11.1. The molecule has 0 saturated heterocycles. The van der Waals surface area contributed by atoms with E-state index in [4.69, 9.17) is 28.3 Å². The van der Waals surface area contributed by atoms with Crippen LogP contribution in [0.1, 0.15) is 12.0 Å². The van der Waals surface area contributed by atoms with Crippen molar-refractivity contribution in [3.05, 3.63) is 33.8 Å². The molecular formula is C10H11Cl2NO2. The number of carbonyl (C=O) groups excluding carboxylic acids is 1. The van der Waals surface area contributed by atoms with Crippen molar-refractivity contribution in [1.29, 1.82) is 0 Å². The molecule has 0 saturated carbocycles. The third kappa shape index (κ3) is 4.08. The molecule has 0 radical (unpaired) electrons. The zero-order valence-corrected chi connectivity index (χ0v) is 9.48. The summed E-state index contributed by atoms with van der Waals surface area (Å²) >= 11 is 11.6. The van der Waals surface area contributed by atoms with Crippen LogP contribution < -0.4 is 5.32 Å². The van der Waals surface area contributed by atoms with Crippen molar-refractivity contribution in [1.82, 2.24) is 5.32 Å². The van der Waals surface area contributed by atoms with Crippen LogP contribution in [-0.4, -0.2) is 17.6 Å². The van der Waals surface area contributed by atoms with Gasteiger partial charge in [-0.05, 0) is 17.7 Å². The Balaban J connectivity index is 2.54. The molecular weight excluding hydrogens is 237 g/mol. The van der Waals surface area contributed by atoms with E-state index in [1.165, 1.54) is 0 Å². The number of benzene rings is 1. The quantitative estimate of drug-likeness (QED) is 0.856. The normalized spacial score (nSPS) is 10.1. The van der Waals surface area contributed by atoms with Crippen LogP contribution in [0.2, 0.25) is 10.0 Å². The first-order valence-electron chi connectivity index (χ1n) is 4.45. The Morgan fingerprint density at radius 1 is 1.40 bits per heavy atom. The first-order chi connectivity index (χ1) is 7.13. The smallest absolute Gasteiger partial charge is 0.222 e. The predicted molar refractivity (Wildman–Crippen MR) is 60.0 cm³/mol. The number of amides is 1. The van der Waals surface area contributed by atoms with Gasteiger partial charge in [-0.15, -0.1) is 0 Å². The summed E-state index contributed by atoms with van der Waals surface area (Å²) < 4.78 is 0. The predicted octanol–water partition coefficient (Wildman–Crippen LogP) is 1.99. The first-order valence-corrected chi connectivity index (χ1v) is 5.20. The first kappa shape index (κ1) is 12.3. The molecule has 0 aliphatic carbocycles. The van der Waals surface area contributed by atoms with Crippen molar-refractivity contribution >= 4 is 29.1 Å². The second-order valence-electron chi connectivity index (χ2n) is 2.99. The highest BCUT2D eigenvalue weighted by Gasteiger charge is 2.03. The minimum atomic E-state index is -0.205. The van der Waals surface area contributed by atoms with Crippen LogP contribution in [0.15, 0.2) is 18.2 Å². The van der Waals surface area contributed by atoms with Crippen molar-refractivity contribution < 1.29 is 9.90 Å². The lowest BCUT2D eigenvalue weighted by Crippen LogP contribution is -2.23. The second kappa shape index (κ2) is 5.95. The Hall–Kier alpha value is -0.770. The highest BCUT2D eigenvalue weighted by Crippen LogP contribution is 2.20. The van der Waals surface area contributed by atoms with Gasteiger partial charge in [0.15, 0.2) is 0 Å². The van der Waals surface area contributed by atoms with Gasteiger partial charge in [0.25, 0.3) is 0 Å². The molecule has 1 aromatic rings. The molecule has 0 bridgehead atoms. The average molecular weight is 248 g/mol. The molecule has 15 heavy (non-hydrogen) atoms. The molecule has 0 atom stereocenters. The SMILES string of the molecule is O=C(CCO)NCc1ccc(Cl)cc1Cl. The van der Waals surface area contributed by atoms with Gasteiger partial charge in [-0.1, -0.05) is 29.3 Å². The summed E-state index contributed by atoms with van der Waals surface area (Å²) in [5.74, 6) is -0.205. The summed E-state index contributed by atoms with van der Waals surface area (Å²) in [6, 6.07) is 5.08. The minimum Gasteiger partial charge on any atom is -0.396 e. The van der Waals surface area contributed by atoms with Crippen molar-refractivity contribution in [3.8, 4) is 0 Å². The second-order valence-corrected chi connectivity index (χ2v) is 3.83. The number of rotatable bonds is 4. The van der Waals surface area contributed by atoms with E-state index in [-0.39, 0.29) is 18.9 Å². The highest BCUT2D eigenvalue weighted by atomic mass is 35.5. The third-order valence-electron chi connectivity index (χ3n) is 1.83. The van der Waals surface area contributed by atoms with Crippen LogP contribution in [0.4, 0.5) is 0 Å². The van der Waals surface area contributed by atoms with Gasteiger partial charge in [0.05, 0.1) is 6.61 Å². The maximum atomic E-state index is 11.1. The van der Waals surface area contributed by atoms with Gasteiger partial charge in [0, 0.05) is 23.0 Å². The number of halogens is 2. The van der Waals surface area contributed by atoms with Crippen molar-refractivity contribution in [3.63, 3.8) is 0 Å². The Morgan fingerprint density at radius 2 is 2.13 bits per heavy atom. The standard InChI is InChI=1S/C10H11Cl2NO2/c11-8-2-1-7(9(12)5-8)6-13-10(15)3-4-14/h1-2,5,14H,3-4,6H2,(H,13,15). The van der Waals surface area contributed by atoms with Crippen LogP contribution in [0.3, 0.4) is 0 Å². The van der Waals surface area contributed by atoms with Gasteiger partial charge in [0.2, 0.25) is 5.91 Å². The summed E-state index contributed by atoms with van der Waals surface area (Å²) in [7, 11) is 0. The third-order valence-corrected chi connectivity index (χ3v) is 2.42. The molecule has 0 spiro atoms. The molecule has 0 aromatic heterocycles. The van der Waals surface area contributed by atoms with Gasteiger partial charge < -0.3 is 10.4 Å². The molecule has 5 heteroatoms. The van der Waals surface area contributed by atoms with Crippen molar-refractivity contribution in [2.75, 3.05) is 6.61 Å². The van der Waals surface area contributed by atoms with Crippen LogP contribution in [0, 0.1) is 0 Å². The molecule has 2 N–H and O–H groups in total. The molecule has 0 heterocycles. The summed E-state index contributed by atoms with van der Waals surface area (Å²) in [5, 5.41) is 12.2. The topological polar surface area (TPSA) is 49.3 Å². The van der Waals surface area contributed by atoms with E-state index in [1.54, 1.807) is 18.2 Å². The number of hydrogen-bond acceptors (Lipinski definition) is 2. The Bertz CT molecular complexity index is 355. The van der Waals surface area contributed by atoms with Crippen molar-refractivity contribution in [2.45, 2.75) is 13.0 Å². The number of carbonyl (C=O) groups is 1. The van der Waals surface area contributed by atoms with E-state index < -0.39 is 0 Å². The largest absolute Gasteiger partial charge is 0.396 e. The van der Waals surface area contributed by atoms with Crippen LogP contribution >= 0.6 is 23.2 Å². The molecule has 1 amide bonds.